The summed E-state index contributed by atoms with van der Waals surface area (Å²) in [5, 5.41) is 11.5. The van der Waals surface area contributed by atoms with Crippen molar-refractivity contribution in [1.82, 2.24) is 0 Å². The zero-order chi connectivity index (χ0) is 14.8. The normalized spacial score (nSPS) is 18.1. The summed E-state index contributed by atoms with van der Waals surface area (Å²) in [5.41, 5.74) is 2.75. The second-order valence-corrected chi connectivity index (χ2v) is 6.42. The molecule has 0 saturated carbocycles. The van der Waals surface area contributed by atoms with Crippen LogP contribution in [0.2, 0.25) is 0 Å². The Balaban J connectivity index is 2.19. The van der Waals surface area contributed by atoms with Crippen molar-refractivity contribution in [2.24, 2.45) is 5.41 Å². The lowest BCUT2D eigenvalue weighted by atomic mass is 9.78. The Hall–Kier alpha value is -1.10. The molecule has 5 heteroatoms. The topological polar surface area (TPSA) is 46.4 Å². The lowest BCUT2D eigenvalue weighted by molar-refractivity contribution is -0.384. The second kappa shape index (κ2) is 6.12. The molecule has 0 unspecified atom stereocenters. The van der Waals surface area contributed by atoms with E-state index in [2.05, 4.69) is 34.7 Å². The number of nitrogens with zero attached hydrogens (tertiary/aromatic N) is 2. The lowest BCUT2D eigenvalue weighted by Gasteiger charge is -2.40. The van der Waals surface area contributed by atoms with Gasteiger partial charge in [-0.15, -0.1) is 0 Å². The van der Waals surface area contributed by atoms with Gasteiger partial charge in [-0.1, -0.05) is 36.2 Å². The van der Waals surface area contributed by atoms with Gasteiger partial charge in [0.05, 0.1) is 4.92 Å². The smallest absolute Gasteiger partial charge is 0.269 e. The maximum Gasteiger partial charge on any atom is 0.269 e. The van der Waals surface area contributed by atoms with Gasteiger partial charge in [-0.05, 0) is 29.9 Å². The Morgan fingerprint density at radius 2 is 2.05 bits per heavy atom. The predicted octanol–water partition coefficient (Wildman–Crippen LogP) is 4.51. The van der Waals surface area contributed by atoms with Crippen LogP contribution in [0.3, 0.4) is 0 Å². The maximum absolute atomic E-state index is 10.9. The number of benzene rings is 1. The first-order valence-corrected chi connectivity index (χ1v) is 8.19. The van der Waals surface area contributed by atoms with Gasteiger partial charge >= 0.3 is 0 Å². The third-order valence-electron chi connectivity index (χ3n) is 4.58. The van der Waals surface area contributed by atoms with E-state index in [-0.39, 0.29) is 10.6 Å². The molecule has 2 rings (SSSR count). The monoisotopic (exact) mass is 340 g/mol. The molecule has 0 bridgehead atoms. The summed E-state index contributed by atoms with van der Waals surface area (Å²) < 4.78 is 0. The SMILES string of the molecule is CCC1(C)CCN(c2ccc([N+](=O)[O-])cc2CBr)CC1. The Labute approximate surface area is 128 Å². The highest BCUT2D eigenvalue weighted by Crippen LogP contribution is 2.37. The molecule has 0 amide bonds. The molecular weight excluding hydrogens is 320 g/mol. The van der Waals surface area contributed by atoms with Crippen LogP contribution in [0.25, 0.3) is 0 Å². The van der Waals surface area contributed by atoms with Gasteiger partial charge in [-0.2, -0.15) is 0 Å². The van der Waals surface area contributed by atoms with Crippen molar-refractivity contribution in [3.63, 3.8) is 0 Å². The standard InChI is InChI=1S/C15H21BrN2O2/c1-3-15(2)6-8-17(9-7-15)14-5-4-13(18(19)20)10-12(14)11-16/h4-5,10H,3,6-9,11H2,1-2H3. The van der Waals surface area contributed by atoms with Gasteiger partial charge in [0.2, 0.25) is 0 Å². The van der Waals surface area contributed by atoms with E-state index in [1.807, 2.05) is 6.07 Å². The minimum atomic E-state index is -0.333. The van der Waals surface area contributed by atoms with Gasteiger partial charge in [-0.3, -0.25) is 10.1 Å². The van der Waals surface area contributed by atoms with Gasteiger partial charge in [0.1, 0.15) is 0 Å². The molecule has 110 valence electrons. The molecule has 0 aliphatic carbocycles. The van der Waals surface area contributed by atoms with Crippen molar-refractivity contribution in [2.75, 3.05) is 18.0 Å². The average molecular weight is 341 g/mol. The van der Waals surface area contributed by atoms with E-state index < -0.39 is 0 Å². The molecule has 0 spiro atoms. The van der Waals surface area contributed by atoms with Crippen LogP contribution in [0.15, 0.2) is 18.2 Å². The fraction of sp³-hybridized carbons (Fsp3) is 0.600. The van der Waals surface area contributed by atoms with Crippen LogP contribution in [0, 0.1) is 15.5 Å². The quantitative estimate of drug-likeness (QED) is 0.460. The van der Waals surface area contributed by atoms with Gasteiger partial charge < -0.3 is 4.90 Å². The number of piperidine rings is 1. The maximum atomic E-state index is 10.9. The van der Waals surface area contributed by atoms with Crippen molar-refractivity contribution in [2.45, 2.75) is 38.4 Å². The van der Waals surface area contributed by atoms with E-state index in [9.17, 15) is 10.1 Å². The molecule has 0 atom stereocenters. The molecule has 1 aromatic carbocycles. The number of halogens is 1. The summed E-state index contributed by atoms with van der Waals surface area (Å²) in [6.45, 7) is 6.67. The van der Waals surface area contributed by atoms with Crippen molar-refractivity contribution in [1.29, 1.82) is 0 Å². The number of nitro benzene ring substituents is 1. The molecule has 1 heterocycles. The van der Waals surface area contributed by atoms with Crippen LogP contribution < -0.4 is 4.90 Å². The van der Waals surface area contributed by atoms with Crippen molar-refractivity contribution < 1.29 is 4.92 Å². The van der Waals surface area contributed by atoms with Crippen LogP contribution in [0.4, 0.5) is 11.4 Å². The van der Waals surface area contributed by atoms with Crippen LogP contribution in [0.5, 0.6) is 0 Å². The fourth-order valence-corrected chi connectivity index (χ4v) is 3.19. The first-order chi connectivity index (χ1) is 9.49. The number of hydrogen-bond acceptors (Lipinski definition) is 3. The largest absolute Gasteiger partial charge is 0.371 e. The van der Waals surface area contributed by atoms with E-state index in [1.54, 1.807) is 12.1 Å². The number of non-ortho nitro benzene ring substituents is 1. The molecule has 0 N–H and O–H groups in total. The van der Waals surface area contributed by atoms with Crippen LogP contribution in [-0.2, 0) is 5.33 Å². The lowest BCUT2D eigenvalue weighted by Crippen LogP contribution is -2.38. The van der Waals surface area contributed by atoms with Crippen molar-refractivity contribution in [3.05, 3.63) is 33.9 Å². The zero-order valence-corrected chi connectivity index (χ0v) is 13.6. The Kier molecular flexibility index (Phi) is 4.68. The van der Waals surface area contributed by atoms with Crippen LogP contribution in [0.1, 0.15) is 38.7 Å². The summed E-state index contributed by atoms with van der Waals surface area (Å²) in [7, 11) is 0. The molecule has 1 saturated heterocycles. The second-order valence-electron chi connectivity index (χ2n) is 5.86. The Morgan fingerprint density at radius 3 is 2.55 bits per heavy atom. The molecule has 1 fully saturated rings. The van der Waals surface area contributed by atoms with Gasteiger partial charge in [-0.25, -0.2) is 0 Å². The van der Waals surface area contributed by atoms with Gasteiger partial charge in [0, 0.05) is 36.2 Å². The zero-order valence-electron chi connectivity index (χ0n) is 12.1. The van der Waals surface area contributed by atoms with Crippen LogP contribution in [-0.4, -0.2) is 18.0 Å². The number of anilines is 1. The molecule has 0 aromatic heterocycles. The third kappa shape index (κ3) is 3.14. The van der Waals surface area contributed by atoms with Crippen molar-refractivity contribution in [3.8, 4) is 0 Å². The molecule has 20 heavy (non-hydrogen) atoms. The number of alkyl halides is 1. The number of hydrogen-bond donors (Lipinski definition) is 0. The summed E-state index contributed by atoms with van der Waals surface area (Å²) in [4.78, 5) is 12.9. The average Bonchev–Trinajstić information content (AvgIpc) is 2.47. The summed E-state index contributed by atoms with van der Waals surface area (Å²) in [5.74, 6) is 0. The Morgan fingerprint density at radius 1 is 1.40 bits per heavy atom. The third-order valence-corrected chi connectivity index (χ3v) is 5.19. The molecule has 1 aliphatic rings. The van der Waals surface area contributed by atoms with Crippen molar-refractivity contribution >= 4 is 27.3 Å². The highest BCUT2D eigenvalue weighted by Gasteiger charge is 2.29. The molecule has 4 nitrogen and oxygen atoms in total. The summed E-state index contributed by atoms with van der Waals surface area (Å²) >= 11 is 3.45. The van der Waals surface area contributed by atoms with Gasteiger partial charge in [0.15, 0.2) is 0 Å². The van der Waals surface area contributed by atoms with E-state index in [0.717, 1.165) is 24.3 Å². The molecule has 0 radical (unpaired) electrons. The predicted molar refractivity (Wildman–Crippen MR) is 85.6 cm³/mol. The van der Waals surface area contributed by atoms with Crippen LogP contribution >= 0.6 is 15.9 Å². The van der Waals surface area contributed by atoms with E-state index in [0.29, 0.717) is 10.7 Å². The fourth-order valence-electron chi connectivity index (χ4n) is 2.74. The van der Waals surface area contributed by atoms with E-state index in [4.69, 9.17) is 0 Å². The minimum absolute atomic E-state index is 0.165. The molecular formula is C15H21BrN2O2. The highest BCUT2D eigenvalue weighted by molar-refractivity contribution is 9.08. The first-order valence-electron chi connectivity index (χ1n) is 7.07. The van der Waals surface area contributed by atoms with Gasteiger partial charge in [0.25, 0.3) is 5.69 Å². The van der Waals surface area contributed by atoms with E-state index in [1.165, 1.54) is 19.3 Å². The number of rotatable bonds is 4. The summed E-state index contributed by atoms with van der Waals surface area (Å²) in [6, 6.07) is 5.18. The summed E-state index contributed by atoms with van der Waals surface area (Å²) in [6.07, 6.45) is 3.58. The Bertz CT molecular complexity index is 497. The minimum Gasteiger partial charge on any atom is -0.371 e. The molecule has 1 aromatic rings. The highest BCUT2D eigenvalue weighted by atomic mass is 79.9. The first kappa shape index (κ1) is 15.3. The van der Waals surface area contributed by atoms with E-state index >= 15 is 0 Å². The number of nitro groups is 1. The molecule has 1 aliphatic heterocycles.